The summed E-state index contributed by atoms with van der Waals surface area (Å²) in [4.78, 5) is 14.7. The van der Waals surface area contributed by atoms with Crippen LogP contribution in [0.5, 0.6) is 0 Å². The number of rotatable bonds is 3. The Balaban J connectivity index is 2.23. The van der Waals surface area contributed by atoms with Gasteiger partial charge in [0.1, 0.15) is 0 Å². The fourth-order valence-corrected chi connectivity index (χ4v) is 2.77. The average Bonchev–Trinajstić information content (AvgIpc) is 2.44. The number of hydrogen-bond donors (Lipinski definition) is 1. The van der Waals surface area contributed by atoms with Crippen molar-refractivity contribution in [3.05, 3.63) is 34.9 Å². The topological polar surface area (TPSA) is 32.3 Å². The van der Waals surface area contributed by atoms with Crippen LogP contribution in [0.3, 0.4) is 0 Å². The molecule has 1 heterocycles. The molecule has 1 aromatic rings. The van der Waals surface area contributed by atoms with E-state index in [4.69, 9.17) is 0 Å². The van der Waals surface area contributed by atoms with E-state index in [0.29, 0.717) is 0 Å². The Morgan fingerprint density at radius 2 is 2.00 bits per heavy atom. The van der Waals surface area contributed by atoms with Crippen LogP contribution in [0, 0.1) is 13.8 Å². The number of benzene rings is 1. The molecule has 1 atom stereocenters. The standard InChI is InChI=1S/C16H24N2O/c1-4-14(15-11-12(2)5-6-13(15)3)16(19)18-9-7-17-8-10-18/h5-6,11,14,17H,4,7-10H2,1-3H3. The van der Waals surface area contributed by atoms with Gasteiger partial charge >= 0.3 is 0 Å². The molecule has 0 spiro atoms. The Morgan fingerprint density at radius 3 is 2.63 bits per heavy atom. The third-order valence-corrected chi connectivity index (χ3v) is 3.95. The van der Waals surface area contributed by atoms with E-state index in [0.717, 1.165) is 32.6 Å². The maximum Gasteiger partial charge on any atom is 0.230 e. The predicted octanol–water partition coefficient (Wildman–Crippen LogP) is 2.23. The minimum Gasteiger partial charge on any atom is -0.340 e. The molecule has 1 saturated heterocycles. The summed E-state index contributed by atoms with van der Waals surface area (Å²) in [6, 6.07) is 6.41. The fourth-order valence-electron chi connectivity index (χ4n) is 2.77. The van der Waals surface area contributed by atoms with Crippen molar-refractivity contribution in [1.29, 1.82) is 0 Å². The first-order chi connectivity index (χ1) is 9.13. The smallest absolute Gasteiger partial charge is 0.230 e. The first kappa shape index (κ1) is 14.1. The molecule has 0 bridgehead atoms. The van der Waals surface area contributed by atoms with Gasteiger partial charge in [-0.3, -0.25) is 4.79 Å². The zero-order valence-corrected chi connectivity index (χ0v) is 12.2. The predicted molar refractivity (Wildman–Crippen MR) is 78.4 cm³/mol. The lowest BCUT2D eigenvalue weighted by atomic mass is 9.90. The Bertz CT molecular complexity index is 450. The molecule has 104 valence electrons. The van der Waals surface area contributed by atoms with E-state index in [9.17, 15) is 4.79 Å². The van der Waals surface area contributed by atoms with Crippen LogP contribution in [-0.4, -0.2) is 37.0 Å². The van der Waals surface area contributed by atoms with E-state index in [1.165, 1.54) is 16.7 Å². The fraction of sp³-hybridized carbons (Fsp3) is 0.562. The number of piperazine rings is 1. The Hall–Kier alpha value is -1.35. The van der Waals surface area contributed by atoms with Gasteiger partial charge in [-0.2, -0.15) is 0 Å². The molecule has 1 aliphatic rings. The number of aryl methyl sites for hydroxylation is 2. The highest BCUT2D eigenvalue weighted by atomic mass is 16.2. The van der Waals surface area contributed by atoms with Crippen molar-refractivity contribution in [2.75, 3.05) is 26.2 Å². The quantitative estimate of drug-likeness (QED) is 0.904. The Kier molecular flexibility index (Phi) is 4.59. The maximum atomic E-state index is 12.7. The van der Waals surface area contributed by atoms with Crippen LogP contribution in [0.2, 0.25) is 0 Å². The normalized spacial score (nSPS) is 17.3. The van der Waals surface area contributed by atoms with Crippen LogP contribution >= 0.6 is 0 Å². The lowest BCUT2D eigenvalue weighted by Gasteiger charge is -2.31. The molecule has 1 aliphatic heterocycles. The number of nitrogens with zero attached hydrogens (tertiary/aromatic N) is 1. The van der Waals surface area contributed by atoms with E-state index in [1.807, 2.05) is 4.90 Å². The Labute approximate surface area is 116 Å². The molecule has 1 aromatic carbocycles. The first-order valence-corrected chi connectivity index (χ1v) is 7.20. The van der Waals surface area contributed by atoms with Crippen molar-refractivity contribution in [3.8, 4) is 0 Å². The maximum absolute atomic E-state index is 12.7. The molecule has 2 rings (SSSR count). The minimum atomic E-state index is 0.0120. The van der Waals surface area contributed by atoms with Gasteiger partial charge in [-0.1, -0.05) is 30.7 Å². The van der Waals surface area contributed by atoms with Gasteiger partial charge in [-0.15, -0.1) is 0 Å². The summed E-state index contributed by atoms with van der Waals surface area (Å²) in [6.45, 7) is 9.78. The van der Waals surface area contributed by atoms with E-state index in [2.05, 4.69) is 44.3 Å². The third kappa shape index (κ3) is 3.16. The van der Waals surface area contributed by atoms with Gasteiger partial charge in [-0.05, 0) is 31.4 Å². The van der Waals surface area contributed by atoms with E-state index in [-0.39, 0.29) is 11.8 Å². The van der Waals surface area contributed by atoms with Crippen molar-refractivity contribution in [2.45, 2.75) is 33.1 Å². The zero-order valence-electron chi connectivity index (χ0n) is 12.2. The number of nitrogens with one attached hydrogen (secondary N) is 1. The van der Waals surface area contributed by atoms with Gasteiger partial charge < -0.3 is 10.2 Å². The van der Waals surface area contributed by atoms with E-state index >= 15 is 0 Å². The molecule has 0 aromatic heterocycles. The second-order valence-electron chi connectivity index (χ2n) is 5.40. The van der Waals surface area contributed by atoms with Gasteiger partial charge in [0.25, 0.3) is 0 Å². The van der Waals surface area contributed by atoms with Gasteiger partial charge in [0.15, 0.2) is 0 Å². The average molecular weight is 260 g/mol. The monoisotopic (exact) mass is 260 g/mol. The van der Waals surface area contributed by atoms with Gasteiger partial charge in [-0.25, -0.2) is 0 Å². The lowest BCUT2D eigenvalue weighted by molar-refractivity contribution is -0.133. The Morgan fingerprint density at radius 1 is 1.32 bits per heavy atom. The minimum absolute atomic E-state index is 0.0120. The summed E-state index contributed by atoms with van der Waals surface area (Å²) in [5, 5.41) is 3.29. The van der Waals surface area contributed by atoms with Gasteiger partial charge in [0.2, 0.25) is 5.91 Å². The number of amides is 1. The third-order valence-electron chi connectivity index (χ3n) is 3.95. The molecule has 0 radical (unpaired) electrons. The van der Waals surface area contributed by atoms with E-state index in [1.54, 1.807) is 0 Å². The van der Waals surface area contributed by atoms with Crippen LogP contribution in [-0.2, 0) is 4.79 Å². The number of carbonyl (C=O) groups excluding carboxylic acids is 1. The number of hydrogen-bond acceptors (Lipinski definition) is 2. The van der Waals surface area contributed by atoms with Crippen LogP contribution < -0.4 is 5.32 Å². The summed E-state index contributed by atoms with van der Waals surface area (Å²) in [5.41, 5.74) is 3.65. The summed E-state index contributed by atoms with van der Waals surface area (Å²) >= 11 is 0. The first-order valence-electron chi connectivity index (χ1n) is 7.20. The molecule has 1 amide bonds. The van der Waals surface area contributed by atoms with Gasteiger partial charge in [0.05, 0.1) is 5.92 Å². The molecule has 1 fully saturated rings. The molecule has 1 unspecified atom stereocenters. The van der Waals surface area contributed by atoms with Crippen LogP contribution in [0.4, 0.5) is 0 Å². The summed E-state index contributed by atoms with van der Waals surface area (Å²) in [6.07, 6.45) is 0.868. The molecular weight excluding hydrogens is 236 g/mol. The highest BCUT2D eigenvalue weighted by molar-refractivity contribution is 5.84. The summed E-state index contributed by atoms with van der Waals surface area (Å²) in [7, 11) is 0. The summed E-state index contributed by atoms with van der Waals surface area (Å²) < 4.78 is 0. The van der Waals surface area contributed by atoms with Crippen LogP contribution in [0.25, 0.3) is 0 Å². The number of carbonyl (C=O) groups is 1. The van der Waals surface area contributed by atoms with Gasteiger partial charge in [0, 0.05) is 26.2 Å². The second kappa shape index (κ2) is 6.20. The molecule has 0 aliphatic carbocycles. The van der Waals surface area contributed by atoms with Crippen molar-refractivity contribution >= 4 is 5.91 Å². The SMILES string of the molecule is CCC(C(=O)N1CCNCC1)c1cc(C)ccc1C. The highest BCUT2D eigenvalue weighted by Crippen LogP contribution is 2.26. The zero-order chi connectivity index (χ0) is 13.8. The van der Waals surface area contributed by atoms with Crippen molar-refractivity contribution < 1.29 is 4.79 Å². The molecule has 3 heteroatoms. The molecule has 0 saturated carbocycles. The van der Waals surface area contributed by atoms with Crippen molar-refractivity contribution in [1.82, 2.24) is 10.2 Å². The molecular formula is C16H24N2O. The van der Waals surface area contributed by atoms with Crippen LogP contribution in [0.15, 0.2) is 18.2 Å². The molecule has 1 N–H and O–H groups in total. The highest BCUT2D eigenvalue weighted by Gasteiger charge is 2.26. The van der Waals surface area contributed by atoms with Crippen LogP contribution in [0.1, 0.15) is 36.0 Å². The van der Waals surface area contributed by atoms with Crippen molar-refractivity contribution in [2.24, 2.45) is 0 Å². The molecule has 3 nitrogen and oxygen atoms in total. The molecule has 19 heavy (non-hydrogen) atoms. The summed E-state index contributed by atoms with van der Waals surface area (Å²) in [5.74, 6) is 0.302. The van der Waals surface area contributed by atoms with Crippen molar-refractivity contribution in [3.63, 3.8) is 0 Å². The lowest BCUT2D eigenvalue weighted by Crippen LogP contribution is -2.48. The largest absolute Gasteiger partial charge is 0.340 e. The van der Waals surface area contributed by atoms with E-state index < -0.39 is 0 Å². The second-order valence-corrected chi connectivity index (χ2v) is 5.40.